The van der Waals surface area contributed by atoms with Crippen molar-refractivity contribution < 1.29 is 4.74 Å². The van der Waals surface area contributed by atoms with E-state index in [-0.39, 0.29) is 11.8 Å². The van der Waals surface area contributed by atoms with Crippen molar-refractivity contribution in [1.82, 2.24) is 0 Å². The minimum absolute atomic E-state index is 0.142. The first kappa shape index (κ1) is 16.6. The average Bonchev–Trinajstić information content (AvgIpc) is 2.69. The topological polar surface area (TPSA) is 59.0 Å². The van der Waals surface area contributed by atoms with E-state index < -0.39 is 0 Å². The number of hydrogen-bond donors (Lipinski definition) is 1. The summed E-state index contributed by atoms with van der Waals surface area (Å²) < 4.78 is 5.96. The molecule has 0 aromatic heterocycles. The van der Waals surface area contributed by atoms with Crippen LogP contribution in [0.1, 0.15) is 17.0 Å². The molecule has 3 nitrogen and oxygen atoms in total. The van der Waals surface area contributed by atoms with E-state index in [1.807, 2.05) is 60.3 Å². The van der Waals surface area contributed by atoms with Gasteiger partial charge in [-0.15, -0.1) is 0 Å². The van der Waals surface area contributed by atoms with Crippen LogP contribution < -0.4 is 5.73 Å². The fourth-order valence-electron chi connectivity index (χ4n) is 3.43. The monoisotopic (exact) mass is 358 g/mol. The molecule has 0 saturated carbocycles. The third-order valence-electron chi connectivity index (χ3n) is 4.61. The van der Waals surface area contributed by atoms with Gasteiger partial charge in [-0.25, -0.2) is 0 Å². The van der Waals surface area contributed by atoms with Gasteiger partial charge in [0.15, 0.2) is 0 Å². The minimum atomic E-state index is -0.142. The van der Waals surface area contributed by atoms with Crippen LogP contribution in [-0.2, 0) is 4.74 Å². The van der Waals surface area contributed by atoms with E-state index in [0.29, 0.717) is 5.57 Å². The first-order chi connectivity index (χ1) is 12.8. The summed E-state index contributed by atoms with van der Waals surface area (Å²) >= 11 is 1.84. The minimum Gasteiger partial charge on any atom is -0.440 e. The van der Waals surface area contributed by atoms with Gasteiger partial charge < -0.3 is 10.5 Å². The Bertz CT molecular complexity index is 953. The Labute approximate surface area is 157 Å². The maximum Gasteiger partial charge on any atom is 0.205 e. The van der Waals surface area contributed by atoms with Crippen molar-refractivity contribution in [3.8, 4) is 6.07 Å². The van der Waals surface area contributed by atoms with Gasteiger partial charge >= 0.3 is 0 Å². The molecule has 2 aliphatic rings. The van der Waals surface area contributed by atoms with E-state index in [0.717, 1.165) is 39.5 Å². The molecule has 0 bridgehead atoms. The van der Waals surface area contributed by atoms with Crippen molar-refractivity contribution in [1.29, 1.82) is 5.26 Å². The van der Waals surface area contributed by atoms with Gasteiger partial charge in [0.1, 0.15) is 17.4 Å². The molecule has 2 aromatic carbocycles. The number of nitrogens with zero attached hydrogens (tertiary/aromatic N) is 1. The predicted molar refractivity (Wildman–Crippen MR) is 106 cm³/mol. The Kier molecular flexibility index (Phi) is 4.55. The zero-order chi connectivity index (χ0) is 17.9. The average molecular weight is 358 g/mol. The number of thioether (sulfide) groups is 1. The number of allylic oxidation sites excluding steroid dienone is 2. The second-order valence-corrected chi connectivity index (χ2v) is 7.25. The van der Waals surface area contributed by atoms with Crippen LogP contribution in [0.3, 0.4) is 0 Å². The first-order valence-corrected chi connectivity index (χ1v) is 9.62. The summed E-state index contributed by atoms with van der Waals surface area (Å²) in [6, 6.07) is 22.5. The number of benzene rings is 2. The Morgan fingerprint density at radius 1 is 1.04 bits per heavy atom. The second kappa shape index (κ2) is 7.15. The van der Waals surface area contributed by atoms with Crippen molar-refractivity contribution in [2.45, 2.75) is 5.92 Å². The number of nitriles is 1. The molecular weight excluding hydrogens is 340 g/mol. The normalized spacial score (nSPS) is 21.2. The van der Waals surface area contributed by atoms with E-state index in [9.17, 15) is 5.26 Å². The molecule has 0 fully saturated rings. The Hall–Kier alpha value is -2.90. The van der Waals surface area contributed by atoms with Crippen LogP contribution in [0.25, 0.3) is 6.08 Å². The highest BCUT2D eigenvalue weighted by Gasteiger charge is 2.35. The lowest BCUT2D eigenvalue weighted by Crippen LogP contribution is -2.25. The van der Waals surface area contributed by atoms with Crippen LogP contribution in [0.2, 0.25) is 0 Å². The lowest BCUT2D eigenvalue weighted by Gasteiger charge is -2.33. The number of hydrogen-bond acceptors (Lipinski definition) is 4. The standard InChI is InChI=1S/C22H18N2OS/c23-12-18-20(16-9-5-2-6-10-16)19-14-26-13-17(21(19)25-22(18)24)11-15-7-3-1-4-8-15/h1-11,20H,13-14,24H2/b17-11+/t20-/m0/s1. The lowest BCUT2D eigenvalue weighted by atomic mass is 9.82. The lowest BCUT2D eigenvalue weighted by molar-refractivity contribution is 0.288. The summed E-state index contributed by atoms with van der Waals surface area (Å²) in [5.74, 6) is 2.60. The molecule has 2 aromatic rings. The van der Waals surface area contributed by atoms with Gasteiger partial charge in [0.25, 0.3) is 0 Å². The zero-order valence-corrected chi connectivity index (χ0v) is 15.0. The Morgan fingerprint density at radius 3 is 2.42 bits per heavy atom. The van der Waals surface area contributed by atoms with Crippen LogP contribution in [0, 0.1) is 11.3 Å². The van der Waals surface area contributed by atoms with Gasteiger partial charge in [-0.3, -0.25) is 0 Å². The highest BCUT2D eigenvalue weighted by molar-refractivity contribution is 7.99. The molecular formula is C22H18N2OS. The van der Waals surface area contributed by atoms with Crippen molar-refractivity contribution in [2.75, 3.05) is 11.5 Å². The Balaban J connectivity index is 1.84. The fraction of sp³-hybridized carbons (Fsp3) is 0.136. The van der Waals surface area contributed by atoms with Crippen LogP contribution >= 0.6 is 11.8 Å². The molecule has 2 N–H and O–H groups in total. The van der Waals surface area contributed by atoms with E-state index in [2.05, 4.69) is 24.3 Å². The molecule has 2 aliphatic heterocycles. The number of ether oxygens (including phenoxy) is 1. The third-order valence-corrected chi connectivity index (χ3v) is 5.64. The van der Waals surface area contributed by atoms with Gasteiger partial charge in [0.05, 0.1) is 5.92 Å². The van der Waals surface area contributed by atoms with Crippen LogP contribution in [-0.4, -0.2) is 11.5 Å². The first-order valence-electron chi connectivity index (χ1n) is 8.47. The Morgan fingerprint density at radius 2 is 1.73 bits per heavy atom. The molecule has 0 radical (unpaired) electrons. The van der Waals surface area contributed by atoms with Crippen molar-refractivity contribution in [2.24, 2.45) is 5.73 Å². The summed E-state index contributed by atoms with van der Waals surface area (Å²) in [6.45, 7) is 0. The van der Waals surface area contributed by atoms with Gasteiger partial charge in [0.2, 0.25) is 5.88 Å². The van der Waals surface area contributed by atoms with E-state index in [1.54, 1.807) is 0 Å². The van der Waals surface area contributed by atoms with E-state index >= 15 is 0 Å². The summed E-state index contributed by atoms with van der Waals surface area (Å²) in [7, 11) is 0. The summed E-state index contributed by atoms with van der Waals surface area (Å²) in [5, 5.41) is 9.67. The molecule has 0 spiro atoms. The highest BCUT2D eigenvalue weighted by atomic mass is 32.2. The van der Waals surface area contributed by atoms with Gasteiger partial charge in [-0.05, 0) is 22.8 Å². The smallest absolute Gasteiger partial charge is 0.205 e. The van der Waals surface area contributed by atoms with Crippen LogP contribution in [0.15, 0.2) is 89.0 Å². The molecule has 0 unspecified atom stereocenters. The third kappa shape index (κ3) is 3.02. The molecule has 26 heavy (non-hydrogen) atoms. The molecule has 0 saturated heterocycles. The molecule has 0 amide bonds. The highest BCUT2D eigenvalue weighted by Crippen LogP contribution is 2.45. The van der Waals surface area contributed by atoms with Gasteiger partial charge in [-0.1, -0.05) is 60.7 Å². The number of nitrogens with two attached hydrogens (primary N) is 1. The predicted octanol–water partition coefficient (Wildman–Crippen LogP) is 4.58. The summed E-state index contributed by atoms with van der Waals surface area (Å²) in [5.41, 5.74) is 11.1. The SMILES string of the molecule is N#CC1=C(N)OC2=C(CSC/C2=C\c2ccccc2)[C@H]1c1ccccc1. The van der Waals surface area contributed by atoms with E-state index in [1.165, 1.54) is 0 Å². The van der Waals surface area contributed by atoms with Crippen molar-refractivity contribution in [3.05, 3.63) is 100 Å². The van der Waals surface area contributed by atoms with Crippen molar-refractivity contribution >= 4 is 17.8 Å². The number of rotatable bonds is 2. The van der Waals surface area contributed by atoms with Crippen LogP contribution in [0.5, 0.6) is 0 Å². The molecule has 4 heteroatoms. The van der Waals surface area contributed by atoms with Crippen LogP contribution in [0.4, 0.5) is 0 Å². The van der Waals surface area contributed by atoms with Crippen molar-refractivity contribution in [3.63, 3.8) is 0 Å². The zero-order valence-electron chi connectivity index (χ0n) is 14.2. The quantitative estimate of drug-likeness (QED) is 0.854. The molecule has 128 valence electrons. The summed E-state index contributed by atoms with van der Waals surface area (Å²) in [6.07, 6.45) is 2.15. The fourth-order valence-corrected chi connectivity index (χ4v) is 4.48. The molecule has 2 heterocycles. The molecule has 1 atom stereocenters. The maximum absolute atomic E-state index is 9.67. The molecule has 4 rings (SSSR count). The largest absolute Gasteiger partial charge is 0.440 e. The summed E-state index contributed by atoms with van der Waals surface area (Å²) in [4.78, 5) is 0. The van der Waals surface area contributed by atoms with E-state index in [4.69, 9.17) is 10.5 Å². The van der Waals surface area contributed by atoms with Gasteiger partial charge in [0, 0.05) is 17.1 Å². The van der Waals surface area contributed by atoms with Gasteiger partial charge in [-0.2, -0.15) is 17.0 Å². The molecule has 0 aliphatic carbocycles. The second-order valence-electron chi connectivity index (χ2n) is 6.26. The maximum atomic E-state index is 9.67.